The predicted octanol–water partition coefficient (Wildman–Crippen LogP) is 1.25. The molecule has 2 atom stereocenters. The van der Waals surface area contributed by atoms with Crippen LogP contribution in [0.4, 0.5) is 0 Å². The number of rotatable bonds is 3. The van der Waals surface area contributed by atoms with Crippen molar-refractivity contribution in [1.29, 1.82) is 0 Å². The second kappa shape index (κ2) is 5.26. The molecule has 3 N–H and O–H groups in total. The minimum absolute atomic E-state index is 0.0296. The van der Waals surface area contributed by atoms with Gasteiger partial charge in [-0.15, -0.1) is 0 Å². The highest BCUT2D eigenvalue weighted by Crippen LogP contribution is 2.28. The maximum Gasteiger partial charge on any atom is 0.236 e. The van der Waals surface area contributed by atoms with Crippen molar-refractivity contribution in [3.05, 3.63) is 36.1 Å². The number of primary amides is 1. The fraction of sp³-hybridized carbons (Fsp3) is 0.400. The zero-order valence-corrected chi connectivity index (χ0v) is 11.5. The summed E-state index contributed by atoms with van der Waals surface area (Å²) in [7, 11) is 0. The maximum absolute atomic E-state index is 11.6. The van der Waals surface area contributed by atoms with Gasteiger partial charge < -0.3 is 15.5 Å². The SMILES string of the molecule is CC(c1cc2ccccc2o1)N1CCNCC1C(N)=O. The Morgan fingerprint density at radius 2 is 2.30 bits per heavy atom. The Morgan fingerprint density at radius 1 is 1.50 bits per heavy atom. The zero-order valence-electron chi connectivity index (χ0n) is 11.5. The van der Waals surface area contributed by atoms with Crippen molar-refractivity contribution in [3.63, 3.8) is 0 Å². The standard InChI is InChI=1S/C15H19N3O2/c1-10(18-7-6-17-9-12(18)15(16)19)14-8-11-4-2-3-5-13(11)20-14/h2-5,8,10,12,17H,6-7,9H2,1H3,(H2,16,19). The molecule has 2 unspecified atom stereocenters. The van der Waals surface area contributed by atoms with Gasteiger partial charge in [-0.05, 0) is 19.1 Å². The van der Waals surface area contributed by atoms with E-state index in [0.717, 1.165) is 29.8 Å². The van der Waals surface area contributed by atoms with Gasteiger partial charge >= 0.3 is 0 Å². The van der Waals surface area contributed by atoms with Crippen LogP contribution in [0.5, 0.6) is 0 Å². The van der Waals surface area contributed by atoms with E-state index < -0.39 is 0 Å². The molecule has 1 aliphatic heterocycles. The number of furan rings is 1. The summed E-state index contributed by atoms with van der Waals surface area (Å²) >= 11 is 0. The Labute approximate surface area is 117 Å². The number of nitrogens with zero attached hydrogens (tertiary/aromatic N) is 1. The van der Waals surface area contributed by atoms with E-state index in [4.69, 9.17) is 10.2 Å². The van der Waals surface area contributed by atoms with E-state index in [0.29, 0.717) is 6.54 Å². The third-order valence-electron chi connectivity index (χ3n) is 3.97. The number of para-hydroxylation sites is 1. The van der Waals surface area contributed by atoms with Crippen LogP contribution in [0.3, 0.4) is 0 Å². The number of nitrogens with two attached hydrogens (primary N) is 1. The first-order valence-corrected chi connectivity index (χ1v) is 6.91. The van der Waals surface area contributed by atoms with Gasteiger partial charge in [0.05, 0.1) is 6.04 Å². The van der Waals surface area contributed by atoms with Crippen LogP contribution < -0.4 is 11.1 Å². The lowest BCUT2D eigenvalue weighted by atomic mass is 10.1. The van der Waals surface area contributed by atoms with Crippen molar-refractivity contribution in [3.8, 4) is 0 Å². The van der Waals surface area contributed by atoms with E-state index in [2.05, 4.69) is 17.1 Å². The molecular weight excluding hydrogens is 254 g/mol. The highest BCUT2D eigenvalue weighted by Gasteiger charge is 2.32. The predicted molar refractivity (Wildman–Crippen MR) is 77.2 cm³/mol. The first-order valence-electron chi connectivity index (χ1n) is 6.91. The molecule has 20 heavy (non-hydrogen) atoms. The molecule has 0 bridgehead atoms. The second-order valence-electron chi connectivity index (χ2n) is 5.22. The Balaban J connectivity index is 1.89. The summed E-state index contributed by atoms with van der Waals surface area (Å²) in [4.78, 5) is 13.7. The van der Waals surface area contributed by atoms with Gasteiger partial charge in [-0.3, -0.25) is 9.69 Å². The lowest BCUT2D eigenvalue weighted by Crippen LogP contribution is -2.57. The van der Waals surface area contributed by atoms with E-state index >= 15 is 0 Å². The van der Waals surface area contributed by atoms with Crippen LogP contribution in [0.25, 0.3) is 11.0 Å². The number of hydrogen-bond acceptors (Lipinski definition) is 4. The van der Waals surface area contributed by atoms with Crippen LogP contribution in [0.15, 0.2) is 34.7 Å². The number of nitrogens with one attached hydrogen (secondary N) is 1. The van der Waals surface area contributed by atoms with Crippen molar-refractivity contribution < 1.29 is 9.21 Å². The van der Waals surface area contributed by atoms with Crippen LogP contribution in [-0.4, -0.2) is 36.5 Å². The van der Waals surface area contributed by atoms with Crippen LogP contribution >= 0.6 is 0 Å². The van der Waals surface area contributed by atoms with E-state index in [1.165, 1.54) is 0 Å². The molecule has 1 aromatic carbocycles. The van der Waals surface area contributed by atoms with E-state index in [9.17, 15) is 4.79 Å². The molecule has 1 amide bonds. The number of piperazine rings is 1. The van der Waals surface area contributed by atoms with Crippen LogP contribution in [0.1, 0.15) is 18.7 Å². The van der Waals surface area contributed by atoms with Crippen molar-refractivity contribution in [2.24, 2.45) is 5.73 Å². The molecule has 2 heterocycles. The monoisotopic (exact) mass is 273 g/mol. The molecule has 1 saturated heterocycles. The molecule has 0 radical (unpaired) electrons. The van der Waals surface area contributed by atoms with Crippen LogP contribution in [0.2, 0.25) is 0 Å². The van der Waals surface area contributed by atoms with Gasteiger partial charge in [-0.1, -0.05) is 18.2 Å². The third kappa shape index (κ3) is 2.30. The smallest absolute Gasteiger partial charge is 0.236 e. The molecule has 2 aromatic rings. The molecule has 1 aliphatic rings. The van der Waals surface area contributed by atoms with Crippen molar-refractivity contribution >= 4 is 16.9 Å². The summed E-state index contributed by atoms with van der Waals surface area (Å²) in [5.74, 6) is 0.583. The summed E-state index contributed by atoms with van der Waals surface area (Å²) in [6, 6.07) is 9.71. The minimum Gasteiger partial charge on any atom is -0.459 e. The Kier molecular flexibility index (Phi) is 3.46. The number of hydrogen-bond donors (Lipinski definition) is 2. The normalized spacial score (nSPS) is 21.9. The number of benzene rings is 1. The molecule has 0 aliphatic carbocycles. The first kappa shape index (κ1) is 13.1. The zero-order chi connectivity index (χ0) is 14.1. The fourth-order valence-electron chi connectivity index (χ4n) is 2.82. The van der Waals surface area contributed by atoms with Crippen molar-refractivity contribution in [2.75, 3.05) is 19.6 Å². The summed E-state index contributed by atoms with van der Waals surface area (Å²) < 4.78 is 5.90. The van der Waals surface area contributed by atoms with Gasteiger partial charge in [0.25, 0.3) is 0 Å². The average Bonchev–Trinajstić information content (AvgIpc) is 2.90. The topological polar surface area (TPSA) is 71.5 Å². The van der Waals surface area contributed by atoms with Gasteiger partial charge in [0.2, 0.25) is 5.91 Å². The van der Waals surface area contributed by atoms with Gasteiger partial charge in [-0.2, -0.15) is 0 Å². The largest absolute Gasteiger partial charge is 0.459 e. The van der Waals surface area contributed by atoms with Crippen LogP contribution in [0, 0.1) is 0 Å². The number of amides is 1. The van der Waals surface area contributed by atoms with Crippen LogP contribution in [-0.2, 0) is 4.79 Å². The van der Waals surface area contributed by atoms with Crippen molar-refractivity contribution in [1.82, 2.24) is 10.2 Å². The maximum atomic E-state index is 11.6. The molecular formula is C15H19N3O2. The lowest BCUT2D eigenvalue weighted by Gasteiger charge is -2.37. The molecule has 3 rings (SSSR count). The van der Waals surface area contributed by atoms with E-state index in [1.54, 1.807) is 0 Å². The minimum atomic E-state index is -0.292. The molecule has 1 aromatic heterocycles. The molecule has 106 valence electrons. The highest BCUT2D eigenvalue weighted by atomic mass is 16.3. The summed E-state index contributed by atoms with van der Waals surface area (Å²) in [6.45, 7) is 4.29. The second-order valence-corrected chi connectivity index (χ2v) is 5.22. The first-order chi connectivity index (χ1) is 9.66. The van der Waals surface area contributed by atoms with Gasteiger partial charge in [0, 0.05) is 25.0 Å². The van der Waals surface area contributed by atoms with Gasteiger partial charge in [-0.25, -0.2) is 0 Å². The van der Waals surface area contributed by atoms with E-state index in [-0.39, 0.29) is 18.0 Å². The summed E-state index contributed by atoms with van der Waals surface area (Å²) in [6.07, 6.45) is 0. The molecule has 0 saturated carbocycles. The number of fused-ring (bicyclic) bond motifs is 1. The molecule has 5 nitrogen and oxygen atoms in total. The third-order valence-corrected chi connectivity index (χ3v) is 3.97. The summed E-state index contributed by atoms with van der Waals surface area (Å²) in [5, 5.41) is 4.29. The number of carbonyl (C=O) groups is 1. The molecule has 5 heteroatoms. The average molecular weight is 273 g/mol. The fourth-order valence-corrected chi connectivity index (χ4v) is 2.82. The lowest BCUT2D eigenvalue weighted by molar-refractivity contribution is -0.124. The number of carbonyl (C=O) groups excluding carboxylic acids is 1. The Morgan fingerprint density at radius 3 is 3.05 bits per heavy atom. The Hall–Kier alpha value is -1.85. The molecule has 1 fully saturated rings. The van der Waals surface area contributed by atoms with Gasteiger partial charge in [0.1, 0.15) is 17.4 Å². The van der Waals surface area contributed by atoms with E-state index in [1.807, 2.05) is 30.3 Å². The quantitative estimate of drug-likeness (QED) is 0.883. The van der Waals surface area contributed by atoms with Gasteiger partial charge in [0.15, 0.2) is 0 Å². The van der Waals surface area contributed by atoms with Crippen molar-refractivity contribution in [2.45, 2.75) is 19.0 Å². The highest BCUT2D eigenvalue weighted by molar-refractivity contribution is 5.80. The summed E-state index contributed by atoms with van der Waals surface area (Å²) in [5.41, 5.74) is 6.37. The Bertz CT molecular complexity index is 589. The molecule has 0 spiro atoms.